The van der Waals surface area contributed by atoms with Gasteiger partial charge < -0.3 is 4.74 Å². The fourth-order valence-electron chi connectivity index (χ4n) is 0.995. The van der Waals surface area contributed by atoms with E-state index in [1.165, 1.54) is 11.6 Å². The van der Waals surface area contributed by atoms with Crippen LogP contribution < -0.4 is 0 Å². The van der Waals surface area contributed by atoms with E-state index in [-0.39, 0.29) is 12.4 Å². The molecule has 0 aliphatic heterocycles. The van der Waals surface area contributed by atoms with Crippen molar-refractivity contribution in [1.82, 2.24) is 0 Å². The van der Waals surface area contributed by atoms with E-state index in [0.717, 1.165) is 0 Å². The van der Waals surface area contributed by atoms with Crippen molar-refractivity contribution in [3.8, 4) is 0 Å². The third-order valence-electron chi connectivity index (χ3n) is 2.07. The van der Waals surface area contributed by atoms with Crippen LogP contribution >= 0.6 is 34.8 Å². The van der Waals surface area contributed by atoms with Gasteiger partial charge in [-0.05, 0) is 13.0 Å². The second kappa shape index (κ2) is 5.97. The number of hydrogen-bond acceptors (Lipinski definition) is 2. The standard InChI is InChI=1S/C10H15Cl3O2/c1-4-15-8(14)7-9(2,3)10(12,13)5-6-11/h5-6H,4,7H2,1-3H3. The highest BCUT2D eigenvalue weighted by molar-refractivity contribution is 6.50. The summed E-state index contributed by atoms with van der Waals surface area (Å²) in [7, 11) is 0. The normalized spacial score (nSPS) is 13.2. The fourth-order valence-corrected chi connectivity index (χ4v) is 1.57. The summed E-state index contributed by atoms with van der Waals surface area (Å²) in [5, 5.41) is 0. The quantitative estimate of drug-likeness (QED) is 0.561. The molecule has 0 N–H and O–H groups in total. The van der Waals surface area contributed by atoms with Gasteiger partial charge in [0.1, 0.15) is 4.33 Å². The number of esters is 1. The minimum Gasteiger partial charge on any atom is -0.466 e. The van der Waals surface area contributed by atoms with Crippen molar-refractivity contribution >= 4 is 40.8 Å². The van der Waals surface area contributed by atoms with Crippen molar-refractivity contribution in [3.63, 3.8) is 0 Å². The first-order chi connectivity index (χ1) is 6.77. The van der Waals surface area contributed by atoms with Gasteiger partial charge in [0.05, 0.1) is 13.0 Å². The summed E-state index contributed by atoms with van der Waals surface area (Å²) in [4.78, 5) is 11.3. The minimum atomic E-state index is -1.19. The van der Waals surface area contributed by atoms with Crippen molar-refractivity contribution in [1.29, 1.82) is 0 Å². The molecule has 0 bridgehead atoms. The Hall–Kier alpha value is 0.0800. The number of alkyl halides is 2. The van der Waals surface area contributed by atoms with Gasteiger partial charge in [0.25, 0.3) is 0 Å². The van der Waals surface area contributed by atoms with Gasteiger partial charge in [-0.1, -0.05) is 48.7 Å². The molecule has 0 aromatic heterocycles. The molecule has 15 heavy (non-hydrogen) atoms. The summed E-state index contributed by atoms with van der Waals surface area (Å²) in [6, 6.07) is 0. The molecule has 0 amide bonds. The summed E-state index contributed by atoms with van der Waals surface area (Å²) in [6.45, 7) is 5.65. The minimum absolute atomic E-state index is 0.134. The van der Waals surface area contributed by atoms with Crippen LogP contribution in [0.1, 0.15) is 27.2 Å². The Kier molecular flexibility index (Phi) is 6.01. The molecular weight excluding hydrogens is 258 g/mol. The van der Waals surface area contributed by atoms with E-state index < -0.39 is 9.75 Å². The fraction of sp³-hybridized carbons (Fsp3) is 0.700. The molecule has 0 aromatic rings. The molecule has 88 valence electrons. The average Bonchev–Trinajstić information content (AvgIpc) is 2.02. The molecule has 0 saturated heterocycles. The summed E-state index contributed by atoms with van der Waals surface area (Å²) < 4.78 is 3.64. The van der Waals surface area contributed by atoms with Crippen molar-refractivity contribution in [2.24, 2.45) is 5.41 Å². The number of hydrogen-bond donors (Lipinski definition) is 0. The van der Waals surface area contributed by atoms with E-state index in [0.29, 0.717) is 6.61 Å². The van der Waals surface area contributed by atoms with Gasteiger partial charge in [0, 0.05) is 11.0 Å². The van der Waals surface area contributed by atoms with Crippen molar-refractivity contribution in [3.05, 3.63) is 11.6 Å². The van der Waals surface area contributed by atoms with Crippen molar-refractivity contribution < 1.29 is 9.53 Å². The molecule has 0 aliphatic rings. The lowest BCUT2D eigenvalue weighted by molar-refractivity contribution is -0.145. The zero-order valence-electron chi connectivity index (χ0n) is 9.02. The molecule has 0 unspecified atom stereocenters. The second-order valence-corrected chi connectivity index (χ2v) is 5.42. The van der Waals surface area contributed by atoms with Crippen LogP contribution in [0, 0.1) is 5.41 Å². The SMILES string of the molecule is CCOC(=O)CC(C)(C)C(Cl)(Cl)C=CCl. The third kappa shape index (κ3) is 4.62. The molecule has 0 radical (unpaired) electrons. The molecular formula is C10H15Cl3O2. The second-order valence-electron chi connectivity index (χ2n) is 3.78. The molecule has 2 nitrogen and oxygen atoms in total. The van der Waals surface area contributed by atoms with Gasteiger partial charge in [0.15, 0.2) is 0 Å². The first-order valence-electron chi connectivity index (χ1n) is 4.58. The summed E-state index contributed by atoms with van der Waals surface area (Å²) in [5.41, 5.74) is 0.598. The lowest BCUT2D eigenvalue weighted by Crippen LogP contribution is -2.35. The Morgan fingerprint density at radius 2 is 1.93 bits per heavy atom. The van der Waals surface area contributed by atoms with Crippen molar-refractivity contribution in [2.45, 2.75) is 31.5 Å². The van der Waals surface area contributed by atoms with Gasteiger partial charge in [0.2, 0.25) is 0 Å². The zero-order valence-corrected chi connectivity index (χ0v) is 11.3. The number of rotatable bonds is 5. The van der Waals surface area contributed by atoms with E-state index in [2.05, 4.69) is 0 Å². The van der Waals surface area contributed by atoms with E-state index >= 15 is 0 Å². The molecule has 0 heterocycles. The number of ether oxygens (including phenoxy) is 1. The maximum Gasteiger partial charge on any atom is 0.306 e. The molecule has 0 saturated carbocycles. The van der Waals surface area contributed by atoms with Crippen LogP contribution in [-0.4, -0.2) is 16.9 Å². The maximum absolute atomic E-state index is 11.3. The largest absolute Gasteiger partial charge is 0.466 e. The first-order valence-corrected chi connectivity index (χ1v) is 5.77. The highest BCUT2D eigenvalue weighted by atomic mass is 35.5. The lowest BCUT2D eigenvalue weighted by Gasteiger charge is -2.34. The van der Waals surface area contributed by atoms with E-state index in [9.17, 15) is 4.79 Å². The smallest absolute Gasteiger partial charge is 0.306 e. The molecule has 0 rings (SSSR count). The third-order valence-corrected chi connectivity index (χ3v) is 3.47. The number of carbonyl (C=O) groups excluding carboxylic acids is 1. The Balaban J connectivity index is 4.59. The summed E-state index contributed by atoms with van der Waals surface area (Å²) >= 11 is 17.5. The van der Waals surface area contributed by atoms with Gasteiger partial charge in [-0.2, -0.15) is 0 Å². The van der Waals surface area contributed by atoms with Crippen LogP contribution in [0.5, 0.6) is 0 Å². The predicted molar refractivity (Wildman–Crippen MR) is 64.5 cm³/mol. The zero-order chi connectivity index (χ0) is 12.1. The van der Waals surface area contributed by atoms with E-state index in [4.69, 9.17) is 39.5 Å². The molecule has 0 spiro atoms. The molecule has 5 heteroatoms. The van der Waals surface area contributed by atoms with Gasteiger partial charge >= 0.3 is 5.97 Å². The predicted octanol–water partition coefficient (Wildman–Crippen LogP) is 3.89. The Morgan fingerprint density at radius 1 is 1.40 bits per heavy atom. The number of carbonyl (C=O) groups is 1. The summed E-state index contributed by atoms with van der Waals surface area (Å²) in [5.74, 6) is -0.323. The highest BCUT2D eigenvalue weighted by Gasteiger charge is 2.41. The van der Waals surface area contributed by atoms with Gasteiger partial charge in [-0.15, -0.1) is 0 Å². The molecule has 0 fully saturated rings. The lowest BCUT2D eigenvalue weighted by atomic mass is 9.84. The number of allylic oxidation sites excluding steroid dienone is 1. The highest BCUT2D eigenvalue weighted by Crippen LogP contribution is 2.44. The van der Waals surface area contributed by atoms with Crippen LogP contribution in [-0.2, 0) is 9.53 Å². The average molecular weight is 274 g/mol. The Labute approximate surface area is 106 Å². The maximum atomic E-state index is 11.3. The van der Waals surface area contributed by atoms with E-state index in [1.54, 1.807) is 20.8 Å². The van der Waals surface area contributed by atoms with E-state index in [1.807, 2.05) is 0 Å². The molecule has 0 atom stereocenters. The van der Waals surface area contributed by atoms with Gasteiger partial charge in [-0.3, -0.25) is 4.79 Å². The molecule has 0 aliphatic carbocycles. The summed E-state index contributed by atoms with van der Waals surface area (Å²) in [6.07, 6.45) is 1.58. The van der Waals surface area contributed by atoms with Crippen LogP contribution in [0.2, 0.25) is 0 Å². The first kappa shape index (κ1) is 15.1. The Bertz CT molecular complexity index is 247. The monoisotopic (exact) mass is 272 g/mol. The van der Waals surface area contributed by atoms with Crippen LogP contribution in [0.25, 0.3) is 0 Å². The van der Waals surface area contributed by atoms with Crippen molar-refractivity contribution in [2.75, 3.05) is 6.61 Å². The van der Waals surface area contributed by atoms with Gasteiger partial charge in [-0.25, -0.2) is 0 Å². The van der Waals surface area contributed by atoms with Crippen LogP contribution in [0.3, 0.4) is 0 Å². The van der Waals surface area contributed by atoms with Crippen LogP contribution in [0.15, 0.2) is 11.6 Å². The number of halogens is 3. The Morgan fingerprint density at radius 3 is 2.33 bits per heavy atom. The topological polar surface area (TPSA) is 26.3 Å². The van der Waals surface area contributed by atoms with Crippen LogP contribution in [0.4, 0.5) is 0 Å². The molecule has 0 aromatic carbocycles.